The third-order valence-corrected chi connectivity index (χ3v) is 2.78. The lowest BCUT2D eigenvalue weighted by Gasteiger charge is -2.17. The van der Waals surface area contributed by atoms with Gasteiger partial charge in [0, 0.05) is 19.3 Å². The molecule has 1 aromatic rings. The number of anilines is 1. The molecule has 1 amide bonds. The molecule has 1 aromatic carbocycles. The van der Waals surface area contributed by atoms with Crippen LogP contribution in [0.3, 0.4) is 0 Å². The molecule has 0 unspecified atom stereocenters. The number of ether oxygens (including phenoxy) is 1. The molecule has 0 fully saturated rings. The Hall–Kier alpha value is -1.88. The molecule has 0 aromatic heterocycles. The lowest BCUT2D eigenvalue weighted by Crippen LogP contribution is -2.30. The van der Waals surface area contributed by atoms with Crippen molar-refractivity contribution in [1.82, 2.24) is 0 Å². The van der Waals surface area contributed by atoms with E-state index in [1.54, 1.807) is 18.1 Å². The minimum absolute atomic E-state index is 0.0143. The van der Waals surface area contributed by atoms with Crippen LogP contribution < -0.4 is 4.90 Å². The molecule has 2 rings (SSSR count). The highest BCUT2D eigenvalue weighted by atomic mass is 16.5. The summed E-state index contributed by atoms with van der Waals surface area (Å²) in [7, 11) is 1.56. The lowest BCUT2D eigenvalue weighted by molar-refractivity contribution is -0.117. The molecule has 1 aliphatic rings. The summed E-state index contributed by atoms with van der Waals surface area (Å²) >= 11 is 0. The Morgan fingerprint density at radius 1 is 1.53 bits per heavy atom. The number of methoxy groups -OCH3 is 1. The second-order valence-corrected chi connectivity index (χ2v) is 3.86. The number of carboxylic acid groups (broad SMARTS) is 1. The minimum Gasteiger partial charge on any atom is -0.478 e. The van der Waals surface area contributed by atoms with E-state index in [-0.39, 0.29) is 11.5 Å². The van der Waals surface area contributed by atoms with Gasteiger partial charge in [-0.15, -0.1) is 0 Å². The third-order valence-electron chi connectivity index (χ3n) is 2.78. The van der Waals surface area contributed by atoms with Gasteiger partial charge in [-0.3, -0.25) is 4.79 Å². The van der Waals surface area contributed by atoms with Gasteiger partial charge in [0.1, 0.15) is 0 Å². The normalized spacial score (nSPS) is 13.9. The first-order chi connectivity index (χ1) is 8.13. The van der Waals surface area contributed by atoms with Crippen LogP contribution >= 0.6 is 0 Å². The first-order valence-electron chi connectivity index (χ1n) is 5.29. The summed E-state index contributed by atoms with van der Waals surface area (Å²) in [4.78, 5) is 24.2. The van der Waals surface area contributed by atoms with Crippen molar-refractivity contribution >= 4 is 17.6 Å². The van der Waals surface area contributed by atoms with Gasteiger partial charge in [-0.1, -0.05) is 6.07 Å². The number of benzene rings is 1. The van der Waals surface area contributed by atoms with Gasteiger partial charge in [0.15, 0.2) is 0 Å². The Kier molecular flexibility index (Phi) is 3.10. The zero-order chi connectivity index (χ0) is 12.4. The van der Waals surface area contributed by atoms with Crippen LogP contribution in [-0.4, -0.2) is 37.2 Å². The van der Waals surface area contributed by atoms with Gasteiger partial charge in [-0.05, 0) is 17.7 Å². The summed E-state index contributed by atoms with van der Waals surface area (Å²) in [5, 5.41) is 8.92. The highest BCUT2D eigenvalue weighted by Crippen LogP contribution is 2.29. The van der Waals surface area contributed by atoms with Gasteiger partial charge in [0.25, 0.3) is 0 Å². The second kappa shape index (κ2) is 4.55. The monoisotopic (exact) mass is 235 g/mol. The molecule has 0 saturated carbocycles. The lowest BCUT2D eigenvalue weighted by atomic mass is 10.1. The molecule has 0 spiro atoms. The molecule has 90 valence electrons. The van der Waals surface area contributed by atoms with E-state index in [2.05, 4.69) is 0 Å². The smallest absolute Gasteiger partial charge is 0.335 e. The van der Waals surface area contributed by atoms with Crippen molar-refractivity contribution in [2.24, 2.45) is 0 Å². The third kappa shape index (κ3) is 2.14. The molecular weight excluding hydrogens is 222 g/mol. The predicted octanol–water partition coefficient (Wildman–Crippen LogP) is 0.920. The van der Waals surface area contributed by atoms with Crippen LogP contribution in [0.1, 0.15) is 15.9 Å². The zero-order valence-corrected chi connectivity index (χ0v) is 9.47. The summed E-state index contributed by atoms with van der Waals surface area (Å²) < 4.78 is 4.93. The number of rotatable bonds is 4. The maximum atomic E-state index is 11.7. The molecule has 5 heteroatoms. The summed E-state index contributed by atoms with van der Waals surface area (Å²) in [6.45, 7) is 0.883. The first-order valence-corrected chi connectivity index (χ1v) is 5.29. The molecule has 0 saturated heterocycles. The number of carboxylic acids is 1. The van der Waals surface area contributed by atoms with Gasteiger partial charge < -0.3 is 14.7 Å². The Morgan fingerprint density at radius 2 is 2.29 bits per heavy atom. The average molecular weight is 235 g/mol. The molecule has 0 aliphatic carbocycles. The van der Waals surface area contributed by atoms with Crippen molar-refractivity contribution in [3.05, 3.63) is 29.3 Å². The average Bonchev–Trinajstić information content (AvgIpc) is 2.61. The van der Waals surface area contributed by atoms with Crippen molar-refractivity contribution in [2.45, 2.75) is 6.42 Å². The standard InChI is InChI=1S/C12H13NO4/c1-17-5-4-13-10-6-9(12(15)16)3-2-8(10)7-11(13)14/h2-3,6H,4-5,7H2,1H3,(H,15,16). The van der Waals surface area contributed by atoms with Crippen LogP contribution in [0.5, 0.6) is 0 Å². The first kappa shape index (κ1) is 11.6. The molecule has 1 N–H and O–H groups in total. The van der Waals surface area contributed by atoms with E-state index in [4.69, 9.17) is 9.84 Å². The fraction of sp³-hybridized carbons (Fsp3) is 0.333. The maximum absolute atomic E-state index is 11.7. The highest BCUT2D eigenvalue weighted by molar-refractivity contribution is 6.03. The van der Waals surface area contributed by atoms with E-state index in [9.17, 15) is 9.59 Å². The summed E-state index contributed by atoms with van der Waals surface area (Å²) in [6, 6.07) is 4.76. The molecule has 17 heavy (non-hydrogen) atoms. The van der Waals surface area contributed by atoms with E-state index in [0.717, 1.165) is 5.56 Å². The number of hydrogen-bond donors (Lipinski definition) is 1. The SMILES string of the molecule is COCCN1C(=O)Cc2ccc(C(=O)O)cc21. The molecule has 1 aliphatic heterocycles. The van der Waals surface area contributed by atoms with E-state index in [1.807, 2.05) is 0 Å². The van der Waals surface area contributed by atoms with Gasteiger partial charge in [-0.2, -0.15) is 0 Å². The summed E-state index contributed by atoms with van der Waals surface area (Å²) in [5.41, 5.74) is 1.75. The van der Waals surface area contributed by atoms with Crippen molar-refractivity contribution in [3.8, 4) is 0 Å². The number of aromatic carboxylic acids is 1. The highest BCUT2D eigenvalue weighted by Gasteiger charge is 2.27. The van der Waals surface area contributed by atoms with Crippen molar-refractivity contribution in [2.75, 3.05) is 25.2 Å². The Bertz CT molecular complexity index is 470. The number of nitrogens with zero attached hydrogens (tertiary/aromatic N) is 1. The summed E-state index contributed by atoms with van der Waals surface area (Å²) in [6.07, 6.45) is 0.332. The van der Waals surface area contributed by atoms with E-state index in [1.165, 1.54) is 12.1 Å². The molecule has 0 bridgehead atoms. The Balaban J connectivity index is 2.32. The molecule has 0 radical (unpaired) electrons. The van der Waals surface area contributed by atoms with Gasteiger partial charge in [-0.25, -0.2) is 4.79 Å². The molecule has 1 heterocycles. The van der Waals surface area contributed by atoms with Gasteiger partial charge in [0.2, 0.25) is 5.91 Å². The number of amides is 1. The second-order valence-electron chi connectivity index (χ2n) is 3.86. The van der Waals surface area contributed by atoms with Crippen LogP contribution in [0.4, 0.5) is 5.69 Å². The predicted molar refractivity (Wildman–Crippen MR) is 61.3 cm³/mol. The summed E-state index contributed by atoms with van der Waals surface area (Å²) in [5.74, 6) is -1.00. The van der Waals surface area contributed by atoms with Crippen molar-refractivity contribution in [1.29, 1.82) is 0 Å². The van der Waals surface area contributed by atoms with Crippen LogP contribution in [0.25, 0.3) is 0 Å². The largest absolute Gasteiger partial charge is 0.478 e. The van der Waals surface area contributed by atoms with E-state index >= 15 is 0 Å². The zero-order valence-electron chi connectivity index (χ0n) is 9.47. The van der Waals surface area contributed by atoms with Crippen LogP contribution in [0.15, 0.2) is 18.2 Å². The van der Waals surface area contributed by atoms with E-state index < -0.39 is 5.97 Å². The number of carbonyl (C=O) groups is 2. The maximum Gasteiger partial charge on any atom is 0.335 e. The minimum atomic E-state index is -0.987. The van der Waals surface area contributed by atoms with Crippen LogP contribution in [-0.2, 0) is 16.0 Å². The van der Waals surface area contributed by atoms with Crippen molar-refractivity contribution in [3.63, 3.8) is 0 Å². The Morgan fingerprint density at radius 3 is 2.94 bits per heavy atom. The van der Waals surface area contributed by atoms with Crippen molar-refractivity contribution < 1.29 is 19.4 Å². The fourth-order valence-electron chi connectivity index (χ4n) is 1.92. The number of carbonyl (C=O) groups excluding carboxylic acids is 1. The number of hydrogen-bond acceptors (Lipinski definition) is 3. The Labute approximate surface area is 98.6 Å². The number of fused-ring (bicyclic) bond motifs is 1. The van der Waals surface area contributed by atoms with Gasteiger partial charge in [0.05, 0.1) is 18.6 Å². The van der Waals surface area contributed by atoms with Gasteiger partial charge >= 0.3 is 5.97 Å². The molecular formula is C12H13NO4. The topological polar surface area (TPSA) is 66.8 Å². The molecule has 5 nitrogen and oxygen atoms in total. The van der Waals surface area contributed by atoms with Crippen LogP contribution in [0.2, 0.25) is 0 Å². The van der Waals surface area contributed by atoms with E-state index in [0.29, 0.717) is 25.3 Å². The quantitative estimate of drug-likeness (QED) is 0.842. The fourth-order valence-corrected chi connectivity index (χ4v) is 1.92. The molecule has 0 atom stereocenters. The van der Waals surface area contributed by atoms with Crippen LogP contribution in [0, 0.1) is 0 Å².